The summed E-state index contributed by atoms with van der Waals surface area (Å²) in [6.07, 6.45) is 8.83. The van der Waals surface area contributed by atoms with Crippen LogP contribution in [0.3, 0.4) is 0 Å². The zero-order valence-electron chi connectivity index (χ0n) is 16.8. The highest BCUT2D eigenvalue weighted by atomic mass is 16.2. The second kappa shape index (κ2) is 8.27. The molecule has 1 aliphatic carbocycles. The van der Waals surface area contributed by atoms with Gasteiger partial charge in [0.15, 0.2) is 0 Å². The summed E-state index contributed by atoms with van der Waals surface area (Å²) in [5.41, 5.74) is 1.89. The van der Waals surface area contributed by atoms with Crippen LogP contribution in [0.15, 0.2) is 35.3 Å². The molecule has 29 heavy (non-hydrogen) atoms. The first kappa shape index (κ1) is 19.5. The lowest BCUT2D eigenvalue weighted by molar-refractivity contribution is -0.130. The van der Waals surface area contributed by atoms with Crippen molar-refractivity contribution in [3.8, 4) is 5.69 Å². The molecule has 1 aliphatic heterocycles. The van der Waals surface area contributed by atoms with Crippen LogP contribution in [0.5, 0.6) is 0 Å². The van der Waals surface area contributed by atoms with Gasteiger partial charge < -0.3 is 15.2 Å². The van der Waals surface area contributed by atoms with E-state index >= 15 is 0 Å². The summed E-state index contributed by atoms with van der Waals surface area (Å²) in [6.45, 7) is 2.35. The molecule has 2 aliphatic rings. The van der Waals surface area contributed by atoms with Gasteiger partial charge >= 0.3 is 5.69 Å². The minimum atomic E-state index is -0.328. The summed E-state index contributed by atoms with van der Waals surface area (Å²) in [5.74, 6) is -0.365. The fraction of sp³-hybridized carbons (Fsp3) is 0.500. The van der Waals surface area contributed by atoms with Crippen LogP contribution < -0.4 is 11.0 Å². The molecule has 2 aromatic rings. The topological polar surface area (TPSA) is 87.2 Å². The highest BCUT2D eigenvalue weighted by Crippen LogP contribution is 2.29. The van der Waals surface area contributed by atoms with E-state index in [1.165, 1.54) is 12.8 Å². The van der Waals surface area contributed by atoms with Gasteiger partial charge in [-0.15, -0.1) is 0 Å². The van der Waals surface area contributed by atoms with Crippen molar-refractivity contribution in [3.05, 3.63) is 46.6 Å². The summed E-state index contributed by atoms with van der Waals surface area (Å²) in [7, 11) is 0. The van der Waals surface area contributed by atoms with Gasteiger partial charge in [-0.05, 0) is 38.0 Å². The Morgan fingerprint density at radius 3 is 2.59 bits per heavy atom. The molecule has 0 spiro atoms. The number of anilines is 1. The average molecular weight is 396 g/mol. The lowest BCUT2D eigenvalue weighted by atomic mass is 10.1. The molecule has 1 saturated carbocycles. The molecular formula is C22H28N4O3. The van der Waals surface area contributed by atoms with Gasteiger partial charge in [-0.1, -0.05) is 31.7 Å². The van der Waals surface area contributed by atoms with Crippen molar-refractivity contribution in [1.82, 2.24) is 14.5 Å². The van der Waals surface area contributed by atoms with E-state index in [4.69, 9.17) is 0 Å². The number of nitrogens with one attached hydrogen (secondary N) is 2. The Morgan fingerprint density at radius 2 is 1.90 bits per heavy atom. The molecule has 0 radical (unpaired) electrons. The molecule has 2 amide bonds. The molecule has 7 heteroatoms. The Labute approximate surface area is 170 Å². The molecule has 1 unspecified atom stereocenters. The molecule has 4 rings (SSSR count). The Hall–Kier alpha value is -2.83. The number of amides is 2. The van der Waals surface area contributed by atoms with Crippen LogP contribution in [-0.4, -0.2) is 38.9 Å². The van der Waals surface area contributed by atoms with E-state index in [1.807, 2.05) is 24.0 Å². The third kappa shape index (κ3) is 4.13. The smallest absolute Gasteiger partial charge is 0.330 e. The number of H-pyrrole nitrogens is 1. The molecule has 1 aromatic carbocycles. The van der Waals surface area contributed by atoms with Crippen molar-refractivity contribution in [2.24, 2.45) is 5.92 Å². The number of hydrogen-bond donors (Lipinski definition) is 2. The van der Waals surface area contributed by atoms with Crippen molar-refractivity contribution in [2.45, 2.75) is 57.9 Å². The fourth-order valence-electron chi connectivity index (χ4n) is 4.57. The lowest BCUT2D eigenvalue weighted by Gasteiger charge is -2.27. The number of aromatic nitrogens is 2. The molecule has 2 N–H and O–H groups in total. The van der Waals surface area contributed by atoms with Crippen molar-refractivity contribution in [3.63, 3.8) is 0 Å². The van der Waals surface area contributed by atoms with Crippen LogP contribution in [0.25, 0.3) is 5.69 Å². The maximum atomic E-state index is 12.8. The van der Waals surface area contributed by atoms with E-state index in [1.54, 1.807) is 22.9 Å². The quantitative estimate of drug-likeness (QED) is 0.779. The van der Waals surface area contributed by atoms with Crippen LogP contribution in [0.4, 0.5) is 5.69 Å². The number of imidazole rings is 1. The van der Waals surface area contributed by atoms with Gasteiger partial charge in [0, 0.05) is 36.6 Å². The van der Waals surface area contributed by atoms with E-state index < -0.39 is 0 Å². The number of carbonyl (C=O) groups excluding carboxylic acids is 2. The van der Waals surface area contributed by atoms with E-state index in [0.717, 1.165) is 31.4 Å². The summed E-state index contributed by atoms with van der Waals surface area (Å²) in [4.78, 5) is 42.0. The maximum absolute atomic E-state index is 12.8. The number of rotatable bonds is 4. The number of hydrogen-bond acceptors (Lipinski definition) is 3. The van der Waals surface area contributed by atoms with Gasteiger partial charge in [0.05, 0.1) is 11.6 Å². The van der Waals surface area contributed by atoms with Gasteiger partial charge in [-0.2, -0.15) is 0 Å². The monoisotopic (exact) mass is 396 g/mol. The van der Waals surface area contributed by atoms with Crippen molar-refractivity contribution in [1.29, 1.82) is 0 Å². The second-order valence-electron chi connectivity index (χ2n) is 8.20. The molecule has 0 bridgehead atoms. The summed E-state index contributed by atoms with van der Waals surface area (Å²) in [6, 6.07) is 7.50. The van der Waals surface area contributed by atoms with Crippen LogP contribution in [-0.2, 0) is 9.59 Å². The number of nitrogens with zero attached hydrogens (tertiary/aromatic N) is 2. The van der Waals surface area contributed by atoms with Crippen LogP contribution >= 0.6 is 0 Å². The highest BCUT2D eigenvalue weighted by Gasteiger charge is 2.37. The zero-order valence-corrected chi connectivity index (χ0v) is 16.8. The summed E-state index contributed by atoms with van der Waals surface area (Å²) >= 11 is 0. The average Bonchev–Trinajstić information content (AvgIpc) is 3.12. The normalized spacial score (nSPS) is 20.7. The predicted octanol–water partition coefficient (Wildman–Crippen LogP) is 2.98. The number of aromatic amines is 1. The zero-order chi connectivity index (χ0) is 20.4. The van der Waals surface area contributed by atoms with E-state index in [0.29, 0.717) is 17.9 Å². The largest absolute Gasteiger partial charge is 0.339 e. The second-order valence-corrected chi connectivity index (χ2v) is 8.20. The van der Waals surface area contributed by atoms with E-state index in [-0.39, 0.29) is 35.9 Å². The van der Waals surface area contributed by atoms with Crippen LogP contribution in [0, 0.1) is 12.8 Å². The predicted molar refractivity (Wildman–Crippen MR) is 111 cm³/mol. The van der Waals surface area contributed by atoms with Crippen molar-refractivity contribution in [2.75, 3.05) is 11.9 Å². The molecule has 1 atom stereocenters. The lowest BCUT2D eigenvalue weighted by Crippen LogP contribution is -2.37. The molecule has 2 fully saturated rings. The fourth-order valence-corrected chi connectivity index (χ4v) is 4.57. The standard InChI is InChI=1S/C22H28N4O3/c1-15-13-23-22(29)26(15)19-10-6-7-17(12-19)24-21(28)16-11-20(27)25(14-16)18-8-4-2-3-5-9-18/h6-7,10,12-13,16,18H,2-5,8-9,11,14H2,1H3,(H,23,29)(H,24,28). The molecule has 1 aromatic heterocycles. The first-order valence-corrected chi connectivity index (χ1v) is 10.5. The number of likely N-dealkylation sites (tertiary alicyclic amines) is 1. The maximum Gasteiger partial charge on any atom is 0.330 e. The van der Waals surface area contributed by atoms with Crippen molar-refractivity contribution < 1.29 is 9.59 Å². The van der Waals surface area contributed by atoms with Crippen LogP contribution in [0.2, 0.25) is 0 Å². The first-order chi connectivity index (χ1) is 14.0. The van der Waals surface area contributed by atoms with Gasteiger partial charge in [-0.3, -0.25) is 14.2 Å². The van der Waals surface area contributed by atoms with Gasteiger partial charge in [0.1, 0.15) is 0 Å². The van der Waals surface area contributed by atoms with Gasteiger partial charge in [0.25, 0.3) is 0 Å². The molecular weight excluding hydrogens is 368 g/mol. The third-order valence-electron chi connectivity index (χ3n) is 6.13. The Bertz CT molecular complexity index is 953. The van der Waals surface area contributed by atoms with E-state index in [9.17, 15) is 14.4 Å². The number of benzene rings is 1. The SMILES string of the molecule is Cc1c[nH]c(=O)n1-c1cccc(NC(=O)C2CC(=O)N(C3CCCCCC3)C2)c1. The minimum absolute atomic E-state index is 0.0975. The number of aryl methyl sites for hydroxylation is 1. The molecule has 1 saturated heterocycles. The Morgan fingerprint density at radius 1 is 1.14 bits per heavy atom. The Balaban J connectivity index is 1.44. The van der Waals surface area contributed by atoms with Gasteiger partial charge in [-0.25, -0.2) is 4.79 Å². The summed E-state index contributed by atoms with van der Waals surface area (Å²) in [5, 5.41) is 2.94. The molecule has 154 valence electrons. The number of carbonyl (C=O) groups is 2. The third-order valence-corrected chi connectivity index (χ3v) is 6.13. The molecule has 7 nitrogen and oxygen atoms in total. The van der Waals surface area contributed by atoms with Crippen molar-refractivity contribution >= 4 is 17.5 Å². The minimum Gasteiger partial charge on any atom is -0.339 e. The van der Waals surface area contributed by atoms with E-state index in [2.05, 4.69) is 10.3 Å². The Kier molecular flexibility index (Phi) is 5.56. The summed E-state index contributed by atoms with van der Waals surface area (Å²) < 4.78 is 1.56. The molecule has 2 heterocycles. The first-order valence-electron chi connectivity index (χ1n) is 10.5. The highest BCUT2D eigenvalue weighted by molar-refractivity contribution is 5.97. The van der Waals surface area contributed by atoms with Crippen LogP contribution in [0.1, 0.15) is 50.6 Å². The van der Waals surface area contributed by atoms with Gasteiger partial charge in [0.2, 0.25) is 11.8 Å².